The van der Waals surface area contributed by atoms with Crippen molar-refractivity contribution in [2.45, 2.75) is 64.4 Å². The maximum atomic E-state index is 12.3. The number of nitrogens with one attached hydrogen (secondary N) is 1. The molecule has 0 aromatic carbocycles. The highest BCUT2D eigenvalue weighted by molar-refractivity contribution is 7.99. The number of rotatable bonds is 6. The molecule has 2 aliphatic heterocycles. The van der Waals surface area contributed by atoms with Crippen LogP contribution in [0.25, 0.3) is 0 Å². The van der Waals surface area contributed by atoms with Crippen LogP contribution < -0.4 is 5.32 Å². The van der Waals surface area contributed by atoms with E-state index in [-0.39, 0.29) is 34.8 Å². The molecule has 1 N–H and O–H groups in total. The number of thioether (sulfide) groups is 1. The van der Waals surface area contributed by atoms with Crippen molar-refractivity contribution in [2.24, 2.45) is 5.92 Å². The van der Waals surface area contributed by atoms with Crippen LogP contribution in [0, 0.1) is 5.92 Å². The Labute approximate surface area is 144 Å². The third kappa shape index (κ3) is 4.09. The number of carbonyl (C=O) groups excluding carboxylic acids is 2. The van der Waals surface area contributed by atoms with Crippen molar-refractivity contribution in [3.8, 4) is 0 Å². The van der Waals surface area contributed by atoms with Crippen LogP contribution in [-0.2, 0) is 14.0 Å². The van der Waals surface area contributed by atoms with Gasteiger partial charge in [0.1, 0.15) is 0 Å². The average molecular weight is 356 g/mol. The summed E-state index contributed by atoms with van der Waals surface area (Å²) in [7, 11) is -1.92. The fraction of sp³-hybridized carbons (Fsp3) is 0.765. The van der Waals surface area contributed by atoms with Gasteiger partial charge in [0.2, 0.25) is 5.91 Å². The Morgan fingerprint density at radius 3 is 2.61 bits per heavy atom. The van der Waals surface area contributed by atoms with E-state index in [0.29, 0.717) is 6.42 Å². The van der Waals surface area contributed by atoms with Crippen LogP contribution in [0.5, 0.6) is 0 Å². The van der Waals surface area contributed by atoms with Crippen LogP contribution in [0.1, 0.15) is 34.1 Å². The first kappa shape index (κ1) is 18.7. The Hall–Kier alpha value is -0.593. The van der Waals surface area contributed by atoms with Crippen LogP contribution in [0.4, 0.5) is 0 Å². The molecular weight excluding hydrogens is 326 g/mol. The Balaban J connectivity index is 1.97. The van der Waals surface area contributed by atoms with Crippen molar-refractivity contribution < 1.29 is 14.0 Å². The number of hydrogen-bond acceptors (Lipinski definition) is 4. The number of hydrogen-bond donors (Lipinski definition) is 1. The van der Waals surface area contributed by atoms with E-state index in [9.17, 15) is 9.59 Å². The van der Waals surface area contributed by atoms with E-state index in [1.165, 1.54) is 0 Å². The summed E-state index contributed by atoms with van der Waals surface area (Å²) in [6, 6.07) is -0.0822. The molecule has 0 aliphatic carbocycles. The zero-order chi connectivity index (χ0) is 17.4. The molecule has 2 aliphatic rings. The largest absolute Gasteiger partial charge is 0.413 e. The summed E-state index contributed by atoms with van der Waals surface area (Å²) in [6.07, 6.45) is 2.26. The molecule has 2 heterocycles. The summed E-state index contributed by atoms with van der Waals surface area (Å²) >= 11 is 1.76. The second kappa shape index (κ2) is 6.73. The highest BCUT2D eigenvalue weighted by atomic mass is 32.2. The Morgan fingerprint density at radius 2 is 2.13 bits per heavy atom. The molecule has 0 saturated carbocycles. The summed E-state index contributed by atoms with van der Waals surface area (Å²) < 4.78 is 6.36. The third-order valence-electron chi connectivity index (χ3n) is 5.32. The summed E-state index contributed by atoms with van der Waals surface area (Å²) in [5.41, 5.74) is 0.910. The zero-order valence-electron chi connectivity index (χ0n) is 15.1. The van der Waals surface area contributed by atoms with Crippen molar-refractivity contribution in [3.05, 3.63) is 11.6 Å². The second-order valence-corrected chi connectivity index (χ2v) is 13.9. The number of Topliss-reactive ketones (excluding diaryl/α,β-unsaturated/α-hetero) is 1. The van der Waals surface area contributed by atoms with Crippen molar-refractivity contribution in [3.63, 3.8) is 0 Å². The number of carbonyl (C=O) groups is 2. The van der Waals surface area contributed by atoms with Gasteiger partial charge in [-0.1, -0.05) is 26.8 Å². The monoisotopic (exact) mass is 355 g/mol. The van der Waals surface area contributed by atoms with Gasteiger partial charge in [-0.05, 0) is 25.1 Å². The van der Waals surface area contributed by atoms with E-state index in [1.807, 2.05) is 13.0 Å². The topological polar surface area (TPSA) is 55.4 Å². The van der Waals surface area contributed by atoms with E-state index < -0.39 is 8.32 Å². The van der Waals surface area contributed by atoms with Gasteiger partial charge < -0.3 is 9.74 Å². The van der Waals surface area contributed by atoms with Gasteiger partial charge in [-0.15, -0.1) is 0 Å². The molecule has 0 spiro atoms. The molecule has 0 unspecified atom stereocenters. The maximum absolute atomic E-state index is 12.3. The van der Waals surface area contributed by atoms with Gasteiger partial charge in [0.25, 0.3) is 0 Å². The van der Waals surface area contributed by atoms with Crippen LogP contribution in [-0.4, -0.2) is 43.7 Å². The molecule has 2 rings (SSSR count). The van der Waals surface area contributed by atoms with Gasteiger partial charge in [-0.25, -0.2) is 0 Å². The van der Waals surface area contributed by atoms with Crippen molar-refractivity contribution in [1.82, 2.24) is 5.32 Å². The standard InChI is InChI=1S/C17H29NO3SSi/c1-11(21-23(5,6)17(2,3)4)15-13(18-16(15)20)9-14(19)12-7-8-22-10-12/h7,11,13,15H,8-10H2,1-6H3,(H,18,20)/t11-,13-,15-/m1/s1. The predicted octanol–water partition coefficient (Wildman–Crippen LogP) is 3.14. The normalized spacial score (nSPS) is 26.3. The molecule has 130 valence electrons. The van der Waals surface area contributed by atoms with Crippen molar-refractivity contribution in [1.29, 1.82) is 0 Å². The van der Waals surface area contributed by atoms with Gasteiger partial charge in [-0.2, -0.15) is 11.8 Å². The number of amides is 1. The Bertz CT molecular complexity index is 524. The smallest absolute Gasteiger partial charge is 0.228 e. The van der Waals surface area contributed by atoms with Crippen molar-refractivity contribution in [2.75, 3.05) is 11.5 Å². The first-order valence-electron chi connectivity index (χ1n) is 8.31. The average Bonchev–Trinajstić information content (AvgIpc) is 2.89. The van der Waals surface area contributed by atoms with Crippen LogP contribution in [0.15, 0.2) is 11.6 Å². The zero-order valence-corrected chi connectivity index (χ0v) is 16.9. The van der Waals surface area contributed by atoms with E-state index in [1.54, 1.807) is 11.8 Å². The minimum Gasteiger partial charge on any atom is -0.413 e. The van der Waals surface area contributed by atoms with Gasteiger partial charge in [-0.3, -0.25) is 9.59 Å². The van der Waals surface area contributed by atoms with E-state index in [2.05, 4.69) is 39.2 Å². The van der Waals surface area contributed by atoms with E-state index >= 15 is 0 Å². The molecule has 3 atom stereocenters. The van der Waals surface area contributed by atoms with Gasteiger partial charge in [0, 0.05) is 23.5 Å². The molecule has 0 aromatic heterocycles. The molecule has 1 fully saturated rings. The summed E-state index contributed by atoms with van der Waals surface area (Å²) in [4.78, 5) is 24.3. The van der Waals surface area contributed by atoms with Crippen LogP contribution in [0.3, 0.4) is 0 Å². The van der Waals surface area contributed by atoms with Gasteiger partial charge in [0.05, 0.1) is 18.1 Å². The van der Waals surface area contributed by atoms with E-state index in [4.69, 9.17) is 4.43 Å². The summed E-state index contributed by atoms with van der Waals surface area (Å²) in [5.74, 6) is 1.71. The van der Waals surface area contributed by atoms with Gasteiger partial charge in [0.15, 0.2) is 14.1 Å². The van der Waals surface area contributed by atoms with Crippen LogP contribution in [0.2, 0.25) is 18.1 Å². The summed E-state index contributed by atoms with van der Waals surface area (Å²) in [5, 5.41) is 3.00. The minimum absolute atomic E-state index is 0.0174. The van der Waals surface area contributed by atoms with E-state index in [0.717, 1.165) is 17.1 Å². The minimum atomic E-state index is -1.92. The molecule has 0 aromatic rings. The fourth-order valence-corrected chi connectivity index (χ4v) is 5.17. The lowest BCUT2D eigenvalue weighted by atomic mass is 9.82. The fourth-order valence-electron chi connectivity index (χ4n) is 2.80. The lowest BCUT2D eigenvalue weighted by molar-refractivity contribution is -0.141. The molecule has 1 amide bonds. The highest BCUT2D eigenvalue weighted by Gasteiger charge is 2.47. The molecule has 23 heavy (non-hydrogen) atoms. The SMILES string of the molecule is C[C@@H](O[Si](C)(C)C(C)(C)C)[C@H]1C(=O)N[C@@H]1CC(=O)C1=CCSC1. The molecule has 6 heteroatoms. The first-order chi connectivity index (χ1) is 10.5. The molecule has 1 saturated heterocycles. The molecule has 0 bridgehead atoms. The number of β-lactam (4-membered cyclic amide) rings is 1. The van der Waals surface area contributed by atoms with Crippen molar-refractivity contribution >= 4 is 31.8 Å². The highest BCUT2D eigenvalue weighted by Crippen LogP contribution is 2.39. The lowest BCUT2D eigenvalue weighted by Crippen LogP contribution is -2.64. The lowest BCUT2D eigenvalue weighted by Gasteiger charge is -2.45. The first-order valence-corrected chi connectivity index (χ1v) is 12.4. The second-order valence-electron chi connectivity index (χ2n) is 8.10. The Kier molecular flexibility index (Phi) is 5.48. The predicted molar refractivity (Wildman–Crippen MR) is 98.2 cm³/mol. The third-order valence-corrected chi connectivity index (χ3v) is 10.8. The quantitative estimate of drug-likeness (QED) is 0.587. The molecule has 4 nitrogen and oxygen atoms in total. The molecule has 0 radical (unpaired) electrons. The number of ketones is 1. The van der Waals surface area contributed by atoms with Crippen LogP contribution >= 0.6 is 11.8 Å². The Morgan fingerprint density at radius 1 is 1.48 bits per heavy atom. The maximum Gasteiger partial charge on any atom is 0.228 e. The van der Waals surface area contributed by atoms with Gasteiger partial charge >= 0.3 is 0 Å². The summed E-state index contributed by atoms with van der Waals surface area (Å²) in [6.45, 7) is 12.9. The molecular formula is C17H29NO3SSi.